The van der Waals surface area contributed by atoms with Gasteiger partial charge in [0.2, 0.25) is 0 Å². The minimum atomic E-state index is -5.14. The van der Waals surface area contributed by atoms with Crippen LogP contribution in [0.3, 0.4) is 0 Å². The molecular formula is C30H22F7N5O4. The van der Waals surface area contributed by atoms with Crippen LogP contribution in [0, 0.1) is 5.82 Å². The highest BCUT2D eigenvalue weighted by atomic mass is 19.4. The van der Waals surface area contributed by atoms with Crippen molar-refractivity contribution in [2.45, 2.75) is 18.4 Å². The van der Waals surface area contributed by atoms with Crippen LogP contribution in [0.5, 0.6) is 0 Å². The predicted molar refractivity (Wildman–Crippen MR) is 147 cm³/mol. The zero-order chi connectivity index (χ0) is 33.1. The van der Waals surface area contributed by atoms with E-state index in [4.69, 9.17) is 14.6 Å². The van der Waals surface area contributed by atoms with Crippen molar-refractivity contribution in [1.82, 2.24) is 24.7 Å². The number of hydrogen-bond donors (Lipinski definition) is 1. The summed E-state index contributed by atoms with van der Waals surface area (Å²) in [4.78, 5) is 22.0. The number of carbonyl (C=O) groups is 1. The normalized spacial score (nSPS) is 12.8. The first kappa shape index (κ1) is 32.4. The quantitative estimate of drug-likeness (QED) is 0.114. The molecule has 0 saturated carbocycles. The molecule has 0 saturated heterocycles. The van der Waals surface area contributed by atoms with Gasteiger partial charge in [-0.1, -0.05) is 18.2 Å². The average molecular weight is 650 g/mol. The van der Waals surface area contributed by atoms with Crippen LogP contribution in [0.1, 0.15) is 22.9 Å². The lowest BCUT2D eigenvalue weighted by molar-refractivity contribution is -0.148. The number of halogens is 7. The average Bonchev–Trinajstić information content (AvgIpc) is 3.44. The Morgan fingerprint density at radius 1 is 0.826 bits per heavy atom. The predicted octanol–water partition coefficient (Wildman–Crippen LogP) is 5.83. The van der Waals surface area contributed by atoms with Crippen molar-refractivity contribution in [2.75, 3.05) is 26.4 Å². The molecule has 16 heteroatoms. The number of esters is 1. The maximum Gasteiger partial charge on any atom is 0.417 e. The van der Waals surface area contributed by atoms with Crippen molar-refractivity contribution < 1.29 is 50.1 Å². The molecule has 3 aromatic rings. The van der Waals surface area contributed by atoms with E-state index in [-0.39, 0.29) is 55.3 Å². The molecule has 240 valence electrons. The fourth-order valence-electron chi connectivity index (χ4n) is 4.50. The van der Waals surface area contributed by atoms with E-state index in [0.717, 1.165) is 6.07 Å². The summed E-state index contributed by atoms with van der Waals surface area (Å²) in [5, 5.41) is 16.6. The smallest absolute Gasteiger partial charge is 0.417 e. The van der Waals surface area contributed by atoms with Gasteiger partial charge in [-0.15, -0.1) is 0 Å². The van der Waals surface area contributed by atoms with Gasteiger partial charge in [-0.05, 0) is 42.5 Å². The number of ether oxygens (including phenoxy) is 2. The van der Waals surface area contributed by atoms with Crippen LogP contribution in [0.15, 0.2) is 73.1 Å². The Kier molecular flexibility index (Phi) is 9.29. The number of imidazole rings is 1. The van der Waals surface area contributed by atoms with Gasteiger partial charge in [0.25, 0.3) is 0 Å². The molecule has 0 aliphatic carbocycles. The Morgan fingerprint density at radius 2 is 1.59 bits per heavy atom. The summed E-state index contributed by atoms with van der Waals surface area (Å²) in [6.07, 6.45) is -7.31. The van der Waals surface area contributed by atoms with Crippen LogP contribution in [0.25, 0.3) is 34.0 Å². The monoisotopic (exact) mass is 649 g/mol. The summed E-state index contributed by atoms with van der Waals surface area (Å²) in [5.74, 6) is -1.34. The van der Waals surface area contributed by atoms with Gasteiger partial charge in [0.15, 0.2) is 11.9 Å². The summed E-state index contributed by atoms with van der Waals surface area (Å²) >= 11 is 0. The Bertz CT molecular complexity index is 1790. The number of hydrogen-bond acceptors (Lipinski definition) is 8. The maximum atomic E-state index is 14.4. The van der Waals surface area contributed by atoms with E-state index in [0.29, 0.717) is 17.8 Å². The molecule has 9 nitrogen and oxygen atoms in total. The Hall–Kier alpha value is -4.96. The molecule has 0 radical (unpaired) electrons. The molecule has 2 aliphatic heterocycles. The number of aromatic nitrogens is 5. The summed E-state index contributed by atoms with van der Waals surface area (Å²) in [6.45, 7) is -0.526. The van der Waals surface area contributed by atoms with Crippen LogP contribution in [0.2, 0.25) is 0 Å². The second-order valence-corrected chi connectivity index (χ2v) is 9.69. The summed E-state index contributed by atoms with van der Waals surface area (Å²) in [7, 11) is 0. The zero-order valence-electron chi connectivity index (χ0n) is 23.4. The highest BCUT2D eigenvalue weighted by Crippen LogP contribution is 2.40. The lowest BCUT2D eigenvalue weighted by Crippen LogP contribution is -2.26. The Labute approximate surface area is 255 Å². The van der Waals surface area contributed by atoms with E-state index in [2.05, 4.69) is 20.2 Å². The first-order valence-corrected chi connectivity index (χ1v) is 13.4. The standard InChI is InChI=1S/C30H22F7N5O4/c31-21-4-2-1-3-19(21)27-38-23-9-10-42(16-25(23)39-27)26(28(44)46-14-13-45-12-11-43)24-8-7-22(40-41-24)18-6-5-17(29(32,33)34)15-20(18)30(35,36)37/h1-10,15-16,26,43H,11-14H2. The Morgan fingerprint density at radius 3 is 2.26 bits per heavy atom. The van der Waals surface area contributed by atoms with Gasteiger partial charge in [0, 0.05) is 18.0 Å². The van der Waals surface area contributed by atoms with Crippen LogP contribution in [0.4, 0.5) is 30.7 Å². The van der Waals surface area contributed by atoms with Crippen molar-refractivity contribution in [3.05, 3.63) is 95.7 Å². The van der Waals surface area contributed by atoms with Crippen molar-refractivity contribution in [1.29, 1.82) is 0 Å². The third kappa shape index (κ3) is 7.13. The molecule has 2 aliphatic rings. The molecule has 1 N–H and O–H groups in total. The van der Waals surface area contributed by atoms with Crippen molar-refractivity contribution >= 4 is 5.97 Å². The summed E-state index contributed by atoms with van der Waals surface area (Å²) in [6, 6.07) is 9.41. The molecule has 0 bridgehead atoms. The molecule has 0 fully saturated rings. The molecule has 3 heterocycles. The molecule has 1 aromatic heterocycles. The van der Waals surface area contributed by atoms with Gasteiger partial charge in [-0.25, -0.2) is 19.2 Å². The van der Waals surface area contributed by atoms with E-state index in [1.54, 1.807) is 6.07 Å². The van der Waals surface area contributed by atoms with Crippen LogP contribution >= 0.6 is 0 Å². The van der Waals surface area contributed by atoms with E-state index >= 15 is 0 Å². The second-order valence-electron chi connectivity index (χ2n) is 9.69. The van der Waals surface area contributed by atoms with E-state index in [1.165, 1.54) is 47.3 Å². The maximum absolute atomic E-state index is 14.4. The Balaban J connectivity index is 1.52. The SMILES string of the molecule is O=C(OCCOCCO)C(c1ccc(-c2ccc(C(F)(F)F)cc2C(F)(F)F)nn1)n1ccc2nc(-c3ccccc3F)nc-2c1. The minimum absolute atomic E-state index is 0.00317. The minimum Gasteiger partial charge on any atom is -0.461 e. The molecule has 1 atom stereocenters. The number of fused-ring (bicyclic) bond motifs is 1. The number of carbonyl (C=O) groups excluding carboxylic acids is 1. The molecular weight excluding hydrogens is 627 g/mol. The lowest BCUT2D eigenvalue weighted by atomic mass is 10.00. The first-order chi connectivity index (χ1) is 21.9. The van der Waals surface area contributed by atoms with E-state index in [9.17, 15) is 35.5 Å². The molecule has 5 rings (SSSR count). The first-order valence-electron chi connectivity index (χ1n) is 13.4. The van der Waals surface area contributed by atoms with Gasteiger partial charge in [-0.3, -0.25) is 0 Å². The van der Waals surface area contributed by atoms with Gasteiger partial charge in [0.05, 0.1) is 53.6 Å². The number of benzene rings is 2. The van der Waals surface area contributed by atoms with Gasteiger partial charge < -0.3 is 19.1 Å². The van der Waals surface area contributed by atoms with E-state index < -0.39 is 52.6 Å². The number of alkyl halides is 6. The zero-order valence-corrected chi connectivity index (χ0v) is 23.4. The summed E-state index contributed by atoms with van der Waals surface area (Å²) in [5.41, 5.74) is -3.43. The molecule has 1 unspecified atom stereocenters. The highest BCUT2D eigenvalue weighted by molar-refractivity contribution is 5.78. The van der Waals surface area contributed by atoms with E-state index in [1.807, 2.05) is 0 Å². The van der Waals surface area contributed by atoms with Crippen LogP contribution in [-0.4, -0.2) is 62.2 Å². The third-order valence-corrected chi connectivity index (χ3v) is 6.63. The number of pyridine rings is 1. The number of aliphatic hydroxyl groups is 1. The van der Waals surface area contributed by atoms with Gasteiger partial charge >= 0.3 is 18.3 Å². The molecule has 0 spiro atoms. The summed E-state index contributed by atoms with van der Waals surface area (Å²) < 4.78 is 107. The fourth-order valence-corrected chi connectivity index (χ4v) is 4.50. The topological polar surface area (TPSA) is 112 Å². The van der Waals surface area contributed by atoms with Crippen LogP contribution in [-0.2, 0) is 26.6 Å². The van der Waals surface area contributed by atoms with Gasteiger partial charge in [-0.2, -0.15) is 36.5 Å². The highest BCUT2D eigenvalue weighted by Gasteiger charge is 2.39. The lowest BCUT2D eigenvalue weighted by Gasteiger charge is -2.20. The number of nitrogens with zero attached hydrogens (tertiary/aromatic N) is 5. The molecule has 46 heavy (non-hydrogen) atoms. The van der Waals surface area contributed by atoms with Crippen LogP contribution < -0.4 is 0 Å². The molecule has 2 aromatic carbocycles. The van der Waals surface area contributed by atoms with Crippen molar-refractivity contribution in [3.63, 3.8) is 0 Å². The second kappa shape index (κ2) is 13.2. The number of aliphatic hydroxyl groups excluding tert-OH is 1. The largest absolute Gasteiger partial charge is 0.461 e. The third-order valence-electron chi connectivity index (χ3n) is 6.63. The number of rotatable bonds is 10. The van der Waals surface area contributed by atoms with Crippen molar-refractivity contribution in [3.8, 4) is 34.0 Å². The van der Waals surface area contributed by atoms with Crippen molar-refractivity contribution in [2.24, 2.45) is 0 Å². The van der Waals surface area contributed by atoms with Gasteiger partial charge in [0.1, 0.15) is 18.1 Å². The molecule has 0 amide bonds. The fraction of sp³-hybridized carbons (Fsp3) is 0.233.